The Kier molecular flexibility index (Phi) is 5.63. The average molecular weight is 529 g/mol. The molecule has 31 heavy (non-hydrogen) atoms. The topological polar surface area (TPSA) is 3.24 Å². The Balaban J connectivity index is 1.60. The second-order valence-corrected chi connectivity index (χ2v) is 9.24. The van der Waals surface area contributed by atoms with E-state index in [1.54, 1.807) is 0 Å². The zero-order chi connectivity index (χ0) is 21.2. The first kappa shape index (κ1) is 20.0. The molecule has 0 aromatic heterocycles. The summed E-state index contributed by atoms with van der Waals surface area (Å²) >= 11 is 7.19. The van der Waals surface area contributed by atoms with Gasteiger partial charge >= 0.3 is 0 Å². The molecule has 0 aliphatic rings. The minimum Gasteiger partial charge on any atom is -0.310 e. The maximum absolute atomic E-state index is 3.59. The van der Waals surface area contributed by atoms with E-state index >= 15 is 0 Å². The Morgan fingerprint density at radius 2 is 0.968 bits per heavy atom. The average Bonchev–Trinajstić information content (AvgIpc) is 2.80. The lowest BCUT2D eigenvalue weighted by atomic mass is 10.0. The zero-order valence-electron chi connectivity index (χ0n) is 16.7. The molecule has 0 heterocycles. The van der Waals surface area contributed by atoms with E-state index < -0.39 is 0 Å². The summed E-state index contributed by atoms with van der Waals surface area (Å²) in [5.41, 5.74) is 5.81. The van der Waals surface area contributed by atoms with Gasteiger partial charge in [0.25, 0.3) is 0 Å². The Bertz CT molecular complexity index is 1290. The Morgan fingerprint density at radius 1 is 0.419 bits per heavy atom. The number of nitrogens with zero attached hydrogens (tertiary/aromatic N) is 1. The van der Waals surface area contributed by atoms with Crippen molar-refractivity contribution in [2.75, 3.05) is 4.90 Å². The number of anilines is 3. The number of rotatable bonds is 4. The van der Waals surface area contributed by atoms with Crippen molar-refractivity contribution in [3.05, 3.63) is 124 Å². The van der Waals surface area contributed by atoms with Gasteiger partial charge in [0.15, 0.2) is 0 Å². The number of hydrogen-bond acceptors (Lipinski definition) is 1. The number of hydrogen-bond donors (Lipinski definition) is 0. The van der Waals surface area contributed by atoms with Crippen LogP contribution in [0.3, 0.4) is 0 Å². The second kappa shape index (κ2) is 8.70. The highest BCUT2D eigenvalue weighted by Crippen LogP contribution is 2.37. The van der Waals surface area contributed by atoms with Gasteiger partial charge in [-0.2, -0.15) is 0 Å². The molecule has 150 valence electrons. The predicted octanol–water partition coefficient (Wildman–Crippen LogP) is 9.50. The molecule has 0 radical (unpaired) electrons. The Morgan fingerprint density at radius 3 is 1.58 bits per heavy atom. The molecule has 1 nitrogen and oxygen atoms in total. The molecular weight excluding hydrogens is 510 g/mol. The quantitative estimate of drug-likeness (QED) is 0.224. The van der Waals surface area contributed by atoms with E-state index in [9.17, 15) is 0 Å². The van der Waals surface area contributed by atoms with Gasteiger partial charge in [0, 0.05) is 26.0 Å². The van der Waals surface area contributed by atoms with Gasteiger partial charge in [-0.05, 0) is 82.6 Å². The molecule has 0 atom stereocenters. The van der Waals surface area contributed by atoms with Crippen LogP contribution in [0.5, 0.6) is 0 Å². The standard InChI is InChI=1S/C28H19Br2N/c29-24-16-23(17-25(30)19-24)21-11-12-22-18-28(14-13-20(22)15-21)31(26-7-3-1-4-8-26)27-9-5-2-6-10-27/h1-19H. The van der Waals surface area contributed by atoms with Crippen molar-refractivity contribution in [3.63, 3.8) is 0 Å². The summed E-state index contributed by atoms with van der Waals surface area (Å²) in [6, 6.07) is 40.6. The summed E-state index contributed by atoms with van der Waals surface area (Å²) in [6.45, 7) is 0. The van der Waals surface area contributed by atoms with E-state index in [0.717, 1.165) is 26.0 Å². The van der Waals surface area contributed by atoms with Gasteiger partial charge in [0.1, 0.15) is 0 Å². The van der Waals surface area contributed by atoms with Crippen LogP contribution in [0.15, 0.2) is 124 Å². The molecule has 0 spiro atoms. The van der Waals surface area contributed by atoms with Gasteiger partial charge in [0.05, 0.1) is 0 Å². The first-order valence-electron chi connectivity index (χ1n) is 10.1. The number of fused-ring (bicyclic) bond motifs is 1. The summed E-state index contributed by atoms with van der Waals surface area (Å²) in [6.07, 6.45) is 0. The summed E-state index contributed by atoms with van der Waals surface area (Å²) in [5, 5.41) is 2.44. The van der Waals surface area contributed by atoms with Gasteiger partial charge in [-0.25, -0.2) is 0 Å². The van der Waals surface area contributed by atoms with Gasteiger partial charge in [-0.1, -0.05) is 86.5 Å². The summed E-state index contributed by atoms with van der Waals surface area (Å²) in [5.74, 6) is 0. The number of para-hydroxylation sites is 2. The van der Waals surface area contributed by atoms with Crippen molar-refractivity contribution in [2.45, 2.75) is 0 Å². The molecule has 0 saturated carbocycles. The van der Waals surface area contributed by atoms with Crippen molar-refractivity contribution in [1.29, 1.82) is 0 Å². The fourth-order valence-electron chi connectivity index (χ4n) is 3.87. The maximum Gasteiger partial charge on any atom is 0.0468 e. The zero-order valence-corrected chi connectivity index (χ0v) is 19.8. The highest BCUT2D eigenvalue weighted by molar-refractivity contribution is 9.11. The first-order chi connectivity index (χ1) is 15.2. The molecule has 5 aromatic rings. The van der Waals surface area contributed by atoms with Crippen molar-refractivity contribution in [3.8, 4) is 11.1 Å². The minimum absolute atomic E-state index is 1.06. The fourth-order valence-corrected chi connectivity index (χ4v) is 5.17. The van der Waals surface area contributed by atoms with Crippen LogP contribution >= 0.6 is 31.9 Å². The van der Waals surface area contributed by atoms with E-state index in [2.05, 4.69) is 152 Å². The predicted molar refractivity (Wildman–Crippen MR) is 139 cm³/mol. The molecule has 0 aliphatic carbocycles. The molecule has 0 fully saturated rings. The van der Waals surface area contributed by atoms with Gasteiger partial charge < -0.3 is 4.90 Å². The SMILES string of the molecule is Brc1cc(Br)cc(-c2ccc3cc(N(c4ccccc4)c4ccccc4)ccc3c2)c1. The fraction of sp³-hybridized carbons (Fsp3) is 0. The summed E-state index contributed by atoms with van der Waals surface area (Å²) in [7, 11) is 0. The first-order valence-corrected chi connectivity index (χ1v) is 11.7. The van der Waals surface area contributed by atoms with Crippen LogP contribution < -0.4 is 4.90 Å². The molecular formula is C28H19Br2N. The van der Waals surface area contributed by atoms with E-state index in [-0.39, 0.29) is 0 Å². The Labute approximate surface area is 199 Å². The highest BCUT2D eigenvalue weighted by Gasteiger charge is 2.12. The van der Waals surface area contributed by atoms with Crippen LogP contribution in [0.4, 0.5) is 17.1 Å². The van der Waals surface area contributed by atoms with E-state index in [4.69, 9.17) is 0 Å². The summed E-state index contributed by atoms with van der Waals surface area (Å²) in [4.78, 5) is 2.29. The lowest BCUT2D eigenvalue weighted by Crippen LogP contribution is -2.09. The molecule has 0 aliphatic heterocycles. The van der Waals surface area contributed by atoms with Crippen LogP contribution in [-0.4, -0.2) is 0 Å². The largest absolute Gasteiger partial charge is 0.310 e. The number of halogens is 2. The summed E-state index contributed by atoms with van der Waals surface area (Å²) < 4.78 is 2.13. The molecule has 5 rings (SSSR count). The second-order valence-electron chi connectivity index (χ2n) is 7.41. The molecule has 5 aromatic carbocycles. The maximum atomic E-state index is 3.59. The van der Waals surface area contributed by atoms with Crippen molar-refractivity contribution in [2.24, 2.45) is 0 Å². The van der Waals surface area contributed by atoms with Gasteiger partial charge in [0.2, 0.25) is 0 Å². The van der Waals surface area contributed by atoms with Gasteiger partial charge in [-0.3, -0.25) is 0 Å². The monoisotopic (exact) mass is 527 g/mol. The van der Waals surface area contributed by atoms with Crippen LogP contribution in [-0.2, 0) is 0 Å². The molecule has 0 unspecified atom stereocenters. The third kappa shape index (κ3) is 4.30. The lowest BCUT2D eigenvalue weighted by molar-refractivity contribution is 1.29. The molecule has 3 heteroatoms. The van der Waals surface area contributed by atoms with E-state index in [1.807, 2.05) is 0 Å². The molecule has 0 saturated heterocycles. The van der Waals surface area contributed by atoms with Crippen molar-refractivity contribution < 1.29 is 0 Å². The third-order valence-corrected chi connectivity index (χ3v) is 6.22. The minimum atomic E-state index is 1.06. The molecule has 0 N–H and O–H groups in total. The smallest absolute Gasteiger partial charge is 0.0468 e. The van der Waals surface area contributed by atoms with Crippen molar-refractivity contribution in [1.82, 2.24) is 0 Å². The van der Waals surface area contributed by atoms with Crippen LogP contribution in [0, 0.1) is 0 Å². The van der Waals surface area contributed by atoms with E-state index in [1.165, 1.54) is 21.9 Å². The Hall–Kier alpha value is -2.88. The van der Waals surface area contributed by atoms with Crippen LogP contribution in [0.1, 0.15) is 0 Å². The lowest BCUT2D eigenvalue weighted by Gasteiger charge is -2.25. The van der Waals surface area contributed by atoms with Gasteiger partial charge in [-0.15, -0.1) is 0 Å². The van der Waals surface area contributed by atoms with Crippen molar-refractivity contribution >= 4 is 59.7 Å². The highest BCUT2D eigenvalue weighted by atomic mass is 79.9. The molecule has 0 bridgehead atoms. The van der Waals surface area contributed by atoms with Crippen LogP contribution in [0.2, 0.25) is 0 Å². The third-order valence-electron chi connectivity index (χ3n) is 5.31. The van der Waals surface area contributed by atoms with E-state index in [0.29, 0.717) is 0 Å². The molecule has 0 amide bonds. The van der Waals surface area contributed by atoms with Crippen LogP contribution in [0.25, 0.3) is 21.9 Å². The normalized spacial score (nSPS) is 10.9. The number of benzene rings is 5.